The van der Waals surface area contributed by atoms with E-state index in [1.165, 1.54) is 24.3 Å². The van der Waals surface area contributed by atoms with Crippen LogP contribution in [0.5, 0.6) is 5.75 Å². The average Bonchev–Trinajstić information content (AvgIpc) is 2.36. The summed E-state index contributed by atoms with van der Waals surface area (Å²) >= 11 is 1.59. The van der Waals surface area contributed by atoms with Crippen LogP contribution in [0.2, 0.25) is 0 Å². The number of halogens is 3. The monoisotopic (exact) mass is 306 g/mol. The van der Waals surface area contributed by atoms with Crippen molar-refractivity contribution in [3.63, 3.8) is 0 Å². The second-order valence-electron chi connectivity index (χ2n) is 4.44. The molecular weight excluding hydrogens is 289 g/mol. The number of carbonyl (C=O) groups is 1. The van der Waals surface area contributed by atoms with Crippen molar-refractivity contribution >= 4 is 17.5 Å². The maximum Gasteiger partial charge on any atom is 0.573 e. The van der Waals surface area contributed by atoms with E-state index < -0.39 is 6.36 Å². The van der Waals surface area contributed by atoms with Crippen LogP contribution in [0.15, 0.2) is 24.3 Å². The smallest absolute Gasteiger partial charge is 0.406 e. The van der Waals surface area contributed by atoms with Crippen molar-refractivity contribution in [3.05, 3.63) is 29.8 Å². The molecule has 1 aromatic rings. The van der Waals surface area contributed by atoms with Gasteiger partial charge in [0.15, 0.2) is 0 Å². The zero-order valence-corrected chi connectivity index (χ0v) is 12.2. The van der Waals surface area contributed by atoms with Crippen molar-refractivity contribution in [1.82, 2.24) is 0 Å². The number of ether oxygens (including phenoxy) is 1. The molecule has 1 aromatic carbocycles. The molecule has 1 rings (SSSR count). The van der Waals surface area contributed by atoms with E-state index in [1.807, 2.05) is 0 Å². The highest BCUT2D eigenvalue weighted by atomic mass is 32.2. The molecule has 112 valence electrons. The van der Waals surface area contributed by atoms with E-state index in [4.69, 9.17) is 0 Å². The molecule has 0 saturated heterocycles. The fourth-order valence-corrected chi connectivity index (χ4v) is 2.25. The third kappa shape index (κ3) is 6.84. The number of benzene rings is 1. The average molecular weight is 306 g/mol. The minimum Gasteiger partial charge on any atom is -0.406 e. The van der Waals surface area contributed by atoms with Gasteiger partial charge in [0.05, 0.1) is 5.75 Å². The molecule has 0 saturated carbocycles. The molecule has 0 aromatic heterocycles. The number of alkyl halides is 3. The summed E-state index contributed by atoms with van der Waals surface area (Å²) < 4.78 is 39.7. The standard InChI is InChI=1S/C14H17F3O2S/c1-3-10(2)20-9-12(18)8-11-4-6-13(7-5-11)19-14(15,16)17/h4-7,10H,3,8-9H2,1-2H3. The number of hydrogen-bond donors (Lipinski definition) is 0. The van der Waals surface area contributed by atoms with E-state index in [2.05, 4.69) is 18.6 Å². The van der Waals surface area contributed by atoms with Crippen molar-refractivity contribution in [2.45, 2.75) is 38.3 Å². The van der Waals surface area contributed by atoms with E-state index in [-0.39, 0.29) is 18.0 Å². The number of thioether (sulfide) groups is 1. The minimum atomic E-state index is -4.69. The predicted molar refractivity (Wildman–Crippen MR) is 74.0 cm³/mol. The normalized spacial score (nSPS) is 13.1. The van der Waals surface area contributed by atoms with E-state index >= 15 is 0 Å². The summed E-state index contributed by atoms with van der Waals surface area (Å²) in [6.45, 7) is 4.11. The number of ketones is 1. The van der Waals surface area contributed by atoms with Gasteiger partial charge in [-0.2, -0.15) is 11.8 Å². The van der Waals surface area contributed by atoms with Gasteiger partial charge in [-0.25, -0.2) is 0 Å². The van der Waals surface area contributed by atoms with Gasteiger partial charge in [-0.15, -0.1) is 13.2 Å². The minimum absolute atomic E-state index is 0.0692. The van der Waals surface area contributed by atoms with Gasteiger partial charge in [0.1, 0.15) is 11.5 Å². The summed E-state index contributed by atoms with van der Waals surface area (Å²) in [5.41, 5.74) is 0.689. The SMILES string of the molecule is CCC(C)SCC(=O)Cc1ccc(OC(F)(F)F)cc1. The second-order valence-corrected chi connectivity index (χ2v) is 5.86. The zero-order valence-electron chi connectivity index (χ0n) is 11.4. The van der Waals surface area contributed by atoms with Gasteiger partial charge in [0.25, 0.3) is 0 Å². The Bertz CT molecular complexity index is 429. The van der Waals surface area contributed by atoms with Crippen molar-refractivity contribution in [2.24, 2.45) is 0 Å². The molecule has 2 nitrogen and oxygen atoms in total. The van der Waals surface area contributed by atoms with Gasteiger partial charge in [-0.05, 0) is 24.1 Å². The maximum atomic E-state index is 12.0. The molecule has 6 heteroatoms. The van der Waals surface area contributed by atoms with Gasteiger partial charge in [-0.3, -0.25) is 4.79 Å². The first-order chi connectivity index (χ1) is 9.30. The molecule has 0 radical (unpaired) electrons. The van der Waals surface area contributed by atoms with Crippen LogP contribution in [0.4, 0.5) is 13.2 Å². The van der Waals surface area contributed by atoms with Crippen molar-refractivity contribution in [2.75, 3.05) is 5.75 Å². The van der Waals surface area contributed by atoms with Gasteiger partial charge in [0, 0.05) is 11.7 Å². The molecule has 0 aliphatic heterocycles. The summed E-state index contributed by atoms with van der Waals surface area (Å²) in [5, 5.41) is 0.432. The molecular formula is C14H17F3O2S. The lowest BCUT2D eigenvalue weighted by Gasteiger charge is -2.09. The van der Waals surface area contributed by atoms with Crippen LogP contribution in [0.1, 0.15) is 25.8 Å². The first-order valence-electron chi connectivity index (χ1n) is 6.28. The Morgan fingerprint density at radius 2 is 1.90 bits per heavy atom. The summed E-state index contributed by atoms with van der Waals surface area (Å²) in [7, 11) is 0. The van der Waals surface area contributed by atoms with Gasteiger partial charge < -0.3 is 4.74 Å². The lowest BCUT2D eigenvalue weighted by atomic mass is 10.1. The molecule has 20 heavy (non-hydrogen) atoms. The van der Waals surface area contributed by atoms with Crippen molar-refractivity contribution < 1.29 is 22.7 Å². The third-order valence-electron chi connectivity index (χ3n) is 2.66. The lowest BCUT2D eigenvalue weighted by Crippen LogP contribution is -2.17. The Balaban J connectivity index is 2.47. The van der Waals surface area contributed by atoms with E-state index in [0.29, 0.717) is 16.6 Å². The van der Waals surface area contributed by atoms with Crippen LogP contribution in [-0.2, 0) is 11.2 Å². The first kappa shape index (κ1) is 16.9. The van der Waals surface area contributed by atoms with Crippen molar-refractivity contribution in [1.29, 1.82) is 0 Å². The molecule has 1 unspecified atom stereocenters. The quantitative estimate of drug-likeness (QED) is 0.754. The zero-order chi connectivity index (χ0) is 15.2. The Hall–Kier alpha value is -1.17. The predicted octanol–water partition coefficient (Wildman–Crippen LogP) is 4.23. The molecule has 0 aliphatic rings. The number of Topliss-reactive ketones (excluding diaryl/α,β-unsaturated/α-hetero) is 1. The van der Waals surface area contributed by atoms with E-state index in [1.54, 1.807) is 11.8 Å². The van der Waals surface area contributed by atoms with Crippen LogP contribution < -0.4 is 4.74 Å². The van der Waals surface area contributed by atoms with Gasteiger partial charge in [0.2, 0.25) is 0 Å². The molecule has 1 atom stereocenters. The summed E-state index contributed by atoms with van der Waals surface area (Å²) in [6, 6.07) is 5.40. The molecule has 0 bridgehead atoms. The second kappa shape index (κ2) is 7.57. The van der Waals surface area contributed by atoms with Crippen molar-refractivity contribution in [3.8, 4) is 5.75 Å². The van der Waals surface area contributed by atoms with Crippen LogP contribution >= 0.6 is 11.8 Å². The van der Waals surface area contributed by atoms with E-state index in [9.17, 15) is 18.0 Å². The van der Waals surface area contributed by atoms with Gasteiger partial charge in [-0.1, -0.05) is 26.0 Å². The highest BCUT2D eigenvalue weighted by Crippen LogP contribution is 2.23. The Morgan fingerprint density at radius 1 is 1.30 bits per heavy atom. The third-order valence-corrected chi connectivity index (χ3v) is 4.05. The molecule has 0 aliphatic carbocycles. The molecule has 0 N–H and O–H groups in total. The topological polar surface area (TPSA) is 26.3 Å². The first-order valence-corrected chi connectivity index (χ1v) is 7.33. The fraction of sp³-hybridized carbons (Fsp3) is 0.500. The largest absolute Gasteiger partial charge is 0.573 e. The number of hydrogen-bond acceptors (Lipinski definition) is 3. The number of carbonyl (C=O) groups excluding carboxylic acids is 1. The highest BCUT2D eigenvalue weighted by Gasteiger charge is 2.30. The highest BCUT2D eigenvalue weighted by molar-refractivity contribution is 8.00. The Morgan fingerprint density at radius 3 is 2.40 bits per heavy atom. The van der Waals surface area contributed by atoms with Crippen LogP contribution in [0.25, 0.3) is 0 Å². The van der Waals surface area contributed by atoms with Gasteiger partial charge >= 0.3 is 6.36 Å². The molecule has 0 spiro atoms. The fourth-order valence-electron chi connectivity index (χ4n) is 1.44. The Kier molecular flexibility index (Phi) is 6.39. The maximum absolute atomic E-state index is 12.0. The number of rotatable bonds is 7. The molecule has 0 fully saturated rings. The summed E-state index contributed by atoms with van der Waals surface area (Å²) in [5.74, 6) is 0.220. The molecule has 0 heterocycles. The molecule has 0 amide bonds. The van der Waals surface area contributed by atoms with Crippen LogP contribution in [0, 0.1) is 0 Å². The van der Waals surface area contributed by atoms with E-state index in [0.717, 1.165) is 6.42 Å². The summed E-state index contributed by atoms with van der Waals surface area (Å²) in [6.07, 6.45) is -3.46. The van der Waals surface area contributed by atoms with Crippen LogP contribution in [0.3, 0.4) is 0 Å². The summed E-state index contributed by atoms with van der Waals surface area (Å²) in [4.78, 5) is 11.7. The Labute approximate surface area is 120 Å². The van der Waals surface area contributed by atoms with Crippen LogP contribution in [-0.4, -0.2) is 23.1 Å². The lowest BCUT2D eigenvalue weighted by molar-refractivity contribution is -0.274.